The zero-order valence-corrected chi connectivity index (χ0v) is 15.1. The van der Waals surface area contributed by atoms with Gasteiger partial charge in [0.1, 0.15) is 5.56 Å². The van der Waals surface area contributed by atoms with Gasteiger partial charge in [0.2, 0.25) is 0 Å². The minimum atomic E-state index is -1.34. The first-order chi connectivity index (χ1) is 13.5. The lowest BCUT2D eigenvalue weighted by Gasteiger charge is -2.09. The van der Waals surface area contributed by atoms with E-state index in [0.29, 0.717) is 21.5 Å². The summed E-state index contributed by atoms with van der Waals surface area (Å²) in [6, 6.07) is 8.56. The van der Waals surface area contributed by atoms with Crippen molar-refractivity contribution in [3.05, 3.63) is 81.0 Å². The van der Waals surface area contributed by atoms with E-state index in [2.05, 4.69) is 9.94 Å². The number of carboxylic acid groups (broad SMARTS) is 1. The van der Waals surface area contributed by atoms with Crippen LogP contribution in [0.25, 0.3) is 20.7 Å². The molecule has 0 unspecified atom stereocenters. The fraction of sp³-hybridized carbons (Fsp3) is 0.0526. The smallest absolute Gasteiger partial charge is 0.341 e. The maximum absolute atomic E-state index is 12.6. The minimum Gasteiger partial charge on any atom is -0.502 e. The van der Waals surface area contributed by atoms with E-state index in [1.165, 1.54) is 4.57 Å². The largest absolute Gasteiger partial charge is 0.502 e. The molecule has 138 valence electrons. The Labute approximate surface area is 162 Å². The van der Waals surface area contributed by atoms with Crippen LogP contribution in [0.4, 0.5) is 5.69 Å². The molecule has 0 aliphatic carbocycles. The van der Waals surface area contributed by atoms with Crippen LogP contribution in [0, 0.1) is 6.57 Å². The molecule has 8 nitrogen and oxygen atoms in total. The molecule has 4 rings (SSSR count). The van der Waals surface area contributed by atoms with Gasteiger partial charge in [-0.15, -0.1) is 11.3 Å². The van der Waals surface area contributed by atoms with Gasteiger partial charge < -0.3 is 10.2 Å². The second kappa shape index (κ2) is 6.68. The zero-order chi connectivity index (χ0) is 19.8. The minimum absolute atomic E-state index is 0.125. The van der Waals surface area contributed by atoms with Crippen molar-refractivity contribution in [2.24, 2.45) is 0 Å². The van der Waals surface area contributed by atoms with Crippen LogP contribution in [0.15, 0.2) is 52.9 Å². The molecule has 0 spiro atoms. The number of aromatic carboxylic acids is 1. The molecule has 4 aromatic rings. The summed E-state index contributed by atoms with van der Waals surface area (Å²) in [5.41, 5.74) is 1.29. The summed E-state index contributed by atoms with van der Waals surface area (Å²) in [6.07, 6.45) is 3.33. The molecule has 0 aliphatic heterocycles. The first-order valence-electron chi connectivity index (χ1n) is 8.07. The number of hydrogen-bond donors (Lipinski definition) is 2. The third-order valence-electron chi connectivity index (χ3n) is 4.28. The number of aromatic hydroxyl groups is 1. The van der Waals surface area contributed by atoms with Crippen LogP contribution in [0.3, 0.4) is 0 Å². The first kappa shape index (κ1) is 17.5. The molecule has 0 fully saturated rings. The molecule has 3 heterocycles. The number of hydrogen-bond acceptors (Lipinski definition) is 5. The lowest BCUT2D eigenvalue weighted by atomic mass is 10.2. The summed E-state index contributed by atoms with van der Waals surface area (Å²) >= 11 is 1.15. The average molecular weight is 392 g/mol. The van der Waals surface area contributed by atoms with Gasteiger partial charge in [-0.3, -0.25) is 9.36 Å². The summed E-state index contributed by atoms with van der Waals surface area (Å²) in [5, 5.41) is 25.4. The van der Waals surface area contributed by atoms with Crippen LogP contribution < -0.4 is 5.56 Å². The van der Waals surface area contributed by atoms with Crippen molar-refractivity contribution in [3.8, 4) is 11.4 Å². The third-order valence-corrected chi connectivity index (χ3v) is 5.20. The highest BCUT2D eigenvalue weighted by Gasteiger charge is 2.22. The van der Waals surface area contributed by atoms with Gasteiger partial charge in [0.25, 0.3) is 5.56 Å². The number of aromatic nitrogens is 3. The monoisotopic (exact) mass is 392 g/mol. The van der Waals surface area contributed by atoms with Crippen LogP contribution in [-0.2, 0) is 6.54 Å². The van der Waals surface area contributed by atoms with Crippen LogP contribution in [0.2, 0.25) is 0 Å². The maximum atomic E-state index is 12.6. The van der Waals surface area contributed by atoms with E-state index in [1.807, 2.05) is 0 Å². The van der Waals surface area contributed by atoms with E-state index >= 15 is 0 Å². The van der Waals surface area contributed by atoms with Crippen molar-refractivity contribution < 1.29 is 15.0 Å². The Balaban J connectivity index is 1.75. The summed E-state index contributed by atoms with van der Waals surface area (Å²) < 4.78 is 3.29. The molecular weight excluding hydrogens is 380 g/mol. The lowest BCUT2D eigenvalue weighted by molar-refractivity contribution is 0.0695. The van der Waals surface area contributed by atoms with E-state index in [-0.39, 0.29) is 12.1 Å². The van der Waals surface area contributed by atoms with Gasteiger partial charge in [0.05, 0.1) is 35.2 Å². The fourth-order valence-electron chi connectivity index (χ4n) is 2.95. The average Bonchev–Trinajstić information content (AvgIpc) is 3.35. The van der Waals surface area contributed by atoms with Crippen molar-refractivity contribution in [3.63, 3.8) is 0 Å². The molecule has 0 saturated carbocycles. The van der Waals surface area contributed by atoms with Crippen molar-refractivity contribution in [1.82, 2.24) is 14.3 Å². The van der Waals surface area contributed by atoms with E-state index in [9.17, 15) is 19.8 Å². The Morgan fingerprint density at radius 1 is 1.25 bits per heavy atom. The number of thiophene rings is 1. The van der Waals surface area contributed by atoms with Crippen LogP contribution in [0.1, 0.15) is 15.9 Å². The molecule has 0 radical (unpaired) electrons. The molecule has 1 aromatic carbocycles. The van der Waals surface area contributed by atoms with Gasteiger partial charge in [0.15, 0.2) is 11.4 Å². The maximum Gasteiger partial charge on any atom is 0.341 e. The van der Waals surface area contributed by atoms with Crippen molar-refractivity contribution in [1.29, 1.82) is 0 Å². The lowest BCUT2D eigenvalue weighted by Crippen LogP contribution is -2.22. The number of carboxylic acids is 1. The highest BCUT2D eigenvalue weighted by Crippen LogP contribution is 2.29. The Kier molecular flexibility index (Phi) is 4.18. The number of fused-ring (bicyclic) bond motifs is 1. The highest BCUT2D eigenvalue weighted by atomic mass is 32.1. The quantitative estimate of drug-likeness (QED) is 0.519. The van der Waals surface area contributed by atoms with E-state index in [4.69, 9.17) is 6.57 Å². The molecule has 28 heavy (non-hydrogen) atoms. The molecule has 3 aromatic heterocycles. The molecule has 0 amide bonds. The number of benzene rings is 1. The third kappa shape index (κ3) is 2.82. The van der Waals surface area contributed by atoms with E-state index < -0.39 is 17.3 Å². The molecule has 0 atom stereocenters. The number of pyridine rings is 1. The second-order valence-corrected chi connectivity index (χ2v) is 6.89. The Morgan fingerprint density at radius 3 is 2.68 bits per heavy atom. The summed E-state index contributed by atoms with van der Waals surface area (Å²) in [6.45, 7) is 7.12. The van der Waals surface area contributed by atoms with Crippen LogP contribution in [-0.4, -0.2) is 30.5 Å². The molecular formula is C19H12N4O4S. The van der Waals surface area contributed by atoms with E-state index in [0.717, 1.165) is 17.0 Å². The van der Waals surface area contributed by atoms with Crippen molar-refractivity contribution in [2.75, 3.05) is 0 Å². The van der Waals surface area contributed by atoms with E-state index in [1.54, 1.807) is 52.8 Å². The topological polar surface area (TPSA) is 102 Å². The standard InChI is InChI=1S/C19H12N4O4S/c1-20-12-2-4-13(5-3-12)23-10-11(8-21-23)9-22-14-6-7-28-17(14)15(19(26)27)16(24)18(22)25/h2-8,10,24H,9H2,(H,26,27). The Hall–Kier alpha value is -3.90. The predicted octanol–water partition coefficient (Wildman–Crippen LogP) is 3.25. The van der Waals surface area contributed by atoms with Gasteiger partial charge >= 0.3 is 5.97 Å². The normalized spacial score (nSPS) is 10.8. The van der Waals surface area contributed by atoms with Gasteiger partial charge in [-0.25, -0.2) is 14.3 Å². The van der Waals surface area contributed by atoms with Gasteiger partial charge in [-0.05, 0) is 23.6 Å². The number of rotatable bonds is 4. The fourth-order valence-corrected chi connectivity index (χ4v) is 3.89. The van der Waals surface area contributed by atoms with Crippen LogP contribution >= 0.6 is 11.3 Å². The van der Waals surface area contributed by atoms with Crippen molar-refractivity contribution >= 4 is 33.2 Å². The molecule has 0 aliphatic rings. The Bertz CT molecular complexity index is 1310. The molecule has 2 N–H and O–H groups in total. The molecule has 0 bridgehead atoms. The SMILES string of the molecule is [C-]#[N+]c1ccc(-n2cc(Cn3c(=O)c(O)c(C(=O)O)c4sccc43)cn2)cc1. The summed E-state index contributed by atoms with van der Waals surface area (Å²) in [4.78, 5) is 27.3. The van der Waals surface area contributed by atoms with Crippen LogP contribution in [0.5, 0.6) is 5.75 Å². The molecule has 0 saturated heterocycles. The number of carbonyl (C=O) groups is 1. The highest BCUT2D eigenvalue weighted by molar-refractivity contribution is 7.17. The van der Waals surface area contributed by atoms with Crippen molar-refractivity contribution in [2.45, 2.75) is 6.54 Å². The zero-order valence-electron chi connectivity index (χ0n) is 14.2. The predicted molar refractivity (Wildman–Crippen MR) is 104 cm³/mol. The number of nitrogens with zero attached hydrogens (tertiary/aromatic N) is 4. The van der Waals surface area contributed by atoms with Gasteiger partial charge in [-0.1, -0.05) is 12.1 Å². The Morgan fingerprint density at radius 2 is 2.00 bits per heavy atom. The molecule has 9 heteroatoms. The second-order valence-electron chi connectivity index (χ2n) is 5.98. The summed E-state index contributed by atoms with van der Waals surface area (Å²) in [5.74, 6) is -2.12. The first-order valence-corrected chi connectivity index (χ1v) is 8.95. The van der Waals surface area contributed by atoms with Gasteiger partial charge in [0, 0.05) is 11.8 Å². The van der Waals surface area contributed by atoms with Gasteiger partial charge in [-0.2, -0.15) is 5.10 Å². The summed E-state index contributed by atoms with van der Waals surface area (Å²) in [7, 11) is 0.